The van der Waals surface area contributed by atoms with Crippen LogP contribution in [0.3, 0.4) is 0 Å². The highest BCUT2D eigenvalue weighted by atomic mass is 32.1. The molecule has 1 fully saturated rings. The largest absolute Gasteiger partial charge is 0.507 e. The van der Waals surface area contributed by atoms with Gasteiger partial charge in [-0.1, -0.05) is 30.3 Å². The molecular formula is C25H22N2O6S. The van der Waals surface area contributed by atoms with Crippen molar-refractivity contribution in [1.82, 2.24) is 4.98 Å². The van der Waals surface area contributed by atoms with Crippen molar-refractivity contribution in [2.45, 2.75) is 19.4 Å². The first-order chi connectivity index (χ1) is 16.4. The third-order valence-electron chi connectivity index (χ3n) is 5.30. The Kier molecular flexibility index (Phi) is 6.74. The maximum absolute atomic E-state index is 13.2. The topological polar surface area (TPSA) is 106 Å². The number of methoxy groups -OCH3 is 1. The molecule has 1 saturated heterocycles. The first kappa shape index (κ1) is 23.2. The normalized spacial score (nSPS) is 17.1. The van der Waals surface area contributed by atoms with Gasteiger partial charge in [-0.2, -0.15) is 0 Å². The molecule has 0 spiro atoms. The molecule has 0 radical (unpaired) electrons. The predicted molar refractivity (Wildman–Crippen MR) is 127 cm³/mol. The summed E-state index contributed by atoms with van der Waals surface area (Å²) in [6.45, 7) is 1.97. The molecule has 0 saturated carbocycles. The summed E-state index contributed by atoms with van der Waals surface area (Å²) in [6.07, 6.45) is -0.0455. The molecule has 9 heteroatoms. The molecule has 8 nitrogen and oxygen atoms in total. The first-order valence-corrected chi connectivity index (χ1v) is 11.4. The Bertz CT molecular complexity index is 1250. The van der Waals surface area contributed by atoms with Gasteiger partial charge < -0.3 is 14.6 Å². The van der Waals surface area contributed by atoms with E-state index >= 15 is 0 Å². The third kappa shape index (κ3) is 4.42. The number of carbonyl (C=O) groups is 3. The SMILES string of the molecule is CCOC(=O)Cc1csc(N2C(=O)C(=O)/C(=C(\O)c3ccc(OC)cc3)C2c2ccccc2)n1. The number of Topliss-reactive ketones (excluding diaryl/α,β-unsaturated/α-hetero) is 1. The van der Waals surface area contributed by atoms with Crippen molar-refractivity contribution in [3.8, 4) is 5.75 Å². The number of thiazole rings is 1. The fourth-order valence-electron chi connectivity index (χ4n) is 3.73. The number of aliphatic hydroxyl groups excluding tert-OH is 1. The van der Waals surface area contributed by atoms with Crippen LogP contribution in [-0.4, -0.2) is 41.5 Å². The molecule has 1 aromatic heterocycles. The Morgan fingerprint density at radius 2 is 1.82 bits per heavy atom. The van der Waals surface area contributed by atoms with Gasteiger partial charge in [0.1, 0.15) is 11.5 Å². The van der Waals surface area contributed by atoms with Crippen LogP contribution in [0.25, 0.3) is 5.76 Å². The zero-order valence-electron chi connectivity index (χ0n) is 18.6. The second kappa shape index (κ2) is 9.88. The third-order valence-corrected chi connectivity index (χ3v) is 6.19. The lowest BCUT2D eigenvalue weighted by molar-refractivity contribution is -0.142. The van der Waals surface area contributed by atoms with Crippen molar-refractivity contribution in [2.75, 3.05) is 18.6 Å². The smallest absolute Gasteiger partial charge is 0.311 e. The van der Waals surface area contributed by atoms with Gasteiger partial charge in [0.25, 0.3) is 5.78 Å². The molecule has 3 aromatic rings. The molecule has 0 aliphatic carbocycles. The zero-order valence-corrected chi connectivity index (χ0v) is 19.4. The minimum Gasteiger partial charge on any atom is -0.507 e. The molecule has 174 valence electrons. The summed E-state index contributed by atoms with van der Waals surface area (Å²) in [5, 5.41) is 13.0. The van der Waals surface area contributed by atoms with Gasteiger partial charge in [-0.3, -0.25) is 19.3 Å². The lowest BCUT2D eigenvalue weighted by Gasteiger charge is -2.23. The average Bonchev–Trinajstić information content (AvgIpc) is 3.41. The van der Waals surface area contributed by atoms with Crippen molar-refractivity contribution in [3.63, 3.8) is 0 Å². The maximum Gasteiger partial charge on any atom is 0.311 e. The van der Waals surface area contributed by atoms with Gasteiger partial charge in [-0.25, -0.2) is 4.98 Å². The van der Waals surface area contributed by atoms with E-state index in [9.17, 15) is 19.5 Å². The molecule has 0 bridgehead atoms. The van der Waals surface area contributed by atoms with Crippen LogP contribution >= 0.6 is 11.3 Å². The highest BCUT2D eigenvalue weighted by Gasteiger charge is 2.48. The van der Waals surface area contributed by atoms with Crippen LogP contribution in [0.15, 0.2) is 65.6 Å². The predicted octanol–water partition coefficient (Wildman–Crippen LogP) is 3.88. The summed E-state index contributed by atoms with van der Waals surface area (Å²) in [6, 6.07) is 14.6. The van der Waals surface area contributed by atoms with E-state index in [-0.39, 0.29) is 29.5 Å². The van der Waals surface area contributed by atoms with E-state index in [4.69, 9.17) is 9.47 Å². The maximum atomic E-state index is 13.2. The van der Waals surface area contributed by atoms with E-state index in [0.717, 1.165) is 11.3 Å². The summed E-state index contributed by atoms with van der Waals surface area (Å²) < 4.78 is 10.1. The summed E-state index contributed by atoms with van der Waals surface area (Å²) in [5.41, 5.74) is 1.41. The molecule has 2 aromatic carbocycles. The summed E-state index contributed by atoms with van der Waals surface area (Å²) >= 11 is 1.14. The van der Waals surface area contributed by atoms with Gasteiger partial charge in [0.15, 0.2) is 5.13 Å². The lowest BCUT2D eigenvalue weighted by atomic mass is 9.95. The van der Waals surface area contributed by atoms with Crippen LogP contribution in [0.2, 0.25) is 0 Å². The van der Waals surface area contributed by atoms with E-state index in [2.05, 4.69) is 4.98 Å². The second-order valence-electron chi connectivity index (χ2n) is 7.41. The number of ether oxygens (including phenoxy) is 2. The fraction of sp³-hybridized carbons (Fsp3) is 0.200. The van der Waals surface area contributed by atoms with Crippen LogP contribution in [0.1, 0.15) is 29.8 Å². The number of rotatable bonds is 7. The van der Waals surface area contributed by atoms with Crippen molar-refractivity contribution in [3.05, 3.63) is 82.4 Å². The summed E-state index contributed by atoms with van der Waals surface area (Å²) in [4.78, 5) is 43.8. The molecule has 1 N–H and O–H groups in total. The molecule has 1 unspecified atom stereocenters. The van der Waals surface area contributed by atoms with Crippen LogP contribution in [-0.2, 0) is 25.5 Å². The van der Waals surface area contributed by atoms with Crippen molar-refractivity contribution < 1.29 is 29.0 Å². The molecule has 1 amide bonds. The monoisotopic (exact) mass is 478 g/mol. The van der Waals surface area contributed by atoms with Crippen LogP contribution in [0, 0.1) is 0 Å². The number of hydrogen-bond donors (Lipinski definition) is 1. The molecule has 1 aliphatic rings. The number of carbonyl (C=O) groups excluding carboxylic acids is 3. The first-order valence-electron chi connectivity index (χ1n) is 10.5. The number of ketones is 1. The summed E-state index contributed by atoms with van der Waals surface area (Å²) in [7, 11) is 1.53. The Morgan fingerprint density at radius 1 is 1.12 bits per heavy atom. The quantitative estimate of drug-likeness (QED) is 0.238. The van der Waals surface area contributed by atoms with Crippen molar-refractivity contribution in [2.24, 2.45) is 0 Å². The number of aliphatic hydroxyl groups is 1. The molecular weight excluding hydrogens is 456 g/mol. The van der Waals surface area contributed by atoms with E-state index in [1.54, 1.807) is 60.8 Å². The standard InChI is InChI=1S/C25H22N2O6S/c1-3-33-19(28)13-17-14-34-25(26-17)27-21(15-7-5-4-6-8-15)20(23(30)24(27)31)22(29)16-9-11-18(32-2)12-10-16/h4-12,14,21,29H,3,13H2,1-2H3/b22-20-. The number of nitrogens with zero attached hydrogens (tertiary/aromatic N) is 2. The second-order valence-corrected chi connectivity index (χ2v) is 8.25. The van der Waals surface area contributed by atoms with Crippen molar-refractivity contribution in [1.29, 1.82) is 0 Å². The van der Waals surface area contributed by atoms with E-state index in [1.165, 1.54) is 12.0 Å². The number of benzene rings is 2. The number of esters is 1. The highest BCUT2D eigenvalue weighted by molar-refractivity contribution is 7.14. The highest BCUT2D eigenvalue weighted by Crippen LogP contribution is 2.43. The zero-order chi connectivity index (χ0) is 24.2. The number of aromatic nitrogens is 1. The van der Waals surface area contributed by atoms with Gasteiger partial charge in [0, 0.05) is 10.9 Å². The number of hydrogen-bond acceptors (Lipinski definition) is 8. The van der Waals surface area contributed by atoms with E-state index in [0.29, 0.717) is 22.6 Å². The van der Waals surface area contributed by atoms with E-state index in [1.807, 2.05) is 6.07 Å². The van der Waals surface area contributed by atoms with Gasteiger partial charge in [0.2, 0.25) is 0 Å². The van der Waals surface area contributed by atoms with Gasteiger partial charge in [-0.05, 0) is 36.8 Å². The van der Waals surface area contributed by atoms with Crippen LogP contribution in [0.5, 0.6) is 5.75 Å². The number of amides is 1. The summed E-state index contributed by atoms with van der Waals surface area (Å²) in [5.74, 6) is -1.75. The Balaban J connectivity index is 1.79. The number of anilines is 1. The van der Waals surface area contributed by atoms with Crippen LogP contribution in [0.4, 0.5) is 5.13 Å². The Morgan fingerprint density at radius 3 is 2.47 bits per heavy atom. The fourth-order valence-corrected chi connectivity index (χ4v) is 4.58. The van der Waals surface area contributed by atoms with Gasteiger partial charge >= 0.3 is 11.9 Å². The van der Waals surface area contributed by atoms with E-state index < -0.39 is 23.7 Å². The molecule has 2 heterocycles. The average molecular weight is 479 g/mol. The Hall–Kier alpha value is -3.98. The lowest BCUT2D eigenvalue weighted by Crippen LogP contribution is -2.29. The Labute approximate surface area is 200 Å². The molecule has 34 heavy (non-hydrogen) atoms. The van der Waals surface area contributed by atoms with Crippen LogP contribution < -0.4 is 9.64 Å². The minimum absolute atomic E-state index is 0.0384. The van der Waals surface area contributed by atoms with Crippen molar-refractivity contribution >= 4 is 39.9 Å². The minimum atomic E-state index is -0.884. The molecule has 1 aliphatic heterocycles. The van der Waals surface area contributed by atoms with Gasteiger partial charge in [0.05, 0.1) is 37.4 Å². The molecule has 4 rings (SSSR count). The van der Waals surface area contributed by atoms with Gasteiger partial charge in [-0.15, -0.1) is 11.3 Å². The molecule has 1 atom stereocenters.